The second kappa shape index (κ2) is 6.53. The summed E-state index contributed by atoms with van der Waals surface area (Å²) in [5.74, 6) is 0.785. The monoisotopic (exact) mass is 254 g/mol. The molecule has 1 aliphatic heterocycles. The maximum absolute atomic E-state index is 12.2. The number of hydrogen-bond acceptors (Lipinski definition) is 3. The van der Waals surface area contributed by atoms with Crippen molar-refractivity contribution in [2.75, 3.05) is 26.8 Å². The number of nitrogens with one attached hydrogen (secondary N) is 2. The topological polar surface area (TPSA) is 50.4 Å². The summed E-state index contributed by atoms with van der Waals surface area (Å²) in [6, 6.07) is 0. The second-order valence-corrected chi connectivity index (χ2v) is 5.87. The highest BCUT2D eigenvalue weighted by molar-refractivity contribution is 5.77. The number of rotatable bonds is 5. The Bertz CT molecular complexity index is 269. The van der Waals surface area contributed by atoms with Crippen LogP contribution in [0.1, 0.15) is 44.9 Å². The fourth-order valence-corrected chi connectivity index (χ4v) is 3.33. The molecule has 0 spiro atoms. The molecule has 1 saturated carbocycles. The van der Waals surface area contributed by atoms with E-state index in [4.69, 9.17) is 4.74 Å². The smallest absolute Gasteiger partial charge is 0.220 e. The maximum Gasteiger partial charge on any atom is 0.220 e. The summed E-state index contributed by atoms with van der Waals surface area (Å²) in [5, 5.41) is 6.59. The minimum atomic E-state index is -0.0707. The summed E-state index contributed by atoms with van der Waals surface area (Å²) in [6.07, 6.45) is 7.49. The summed E-state index contributed by atoms with van der Waals surface area (Å²) < 4.78 is 5.30. The van der Waals surface area contributed by atoms with Gasteiger partial charge in [-0.15, -0.1) is 0 Å². The first-order valence-corrected chi connectivity index (χ1v) is 7.25. The van der Waals surface area contributed by atoms with Gasteiger partial charge in [0.1, 0.15) is 0 Å². The molecular weight excluding hydrogens is 228 g/mol. The zero-order valence-electron chi connectivity index (χ0n) is 11.5. The molecule has 4 heteroatoms. The second-order valence-electron chi connectivity index (χ2n) is 5.87. The summed E-state index contributed by atoms with van der Waals surface area (Å²) in [7, 11) is 1.72. The molecule has 1 saturated heterocycles. The minimum absolute atomic E-state index is 0.0707. The predicted octanol–water partition coefficient (Wildman–Crippen LogP) is 1.45. The van der Waals surface area contributed by atoms with Crippen molar-refractivity contribution >= 4 is 5.91 Å². The average Bonchev–Trinajstić information content (AvgIpc) is 2.79. The molecular formula is C14H26N2O2. The van der Waals surface area contributed by atoms with E-state index >= 15 is 0 Å². The molecule has 104 valence electrons. The van der Waals surface area contributed by atoms with Gasteiger partial charge in [-0.25, -0.2) is 0 Å². The number of hydrogen-bond donors (Lipinski definition) is 2. The van der Waals surface area contributed by atoms with Gasteiger partial charge >= 0.3 is 0 Å². The Hall–Kier alpha value is -0.610. The normalized spacial score (nSPS) is 24.1. The van der Waals surface area contributed by atoms with E-state index in [0.29, 0.717) is 18.9 Å². The number of ether oxygens (including phenoxy) is 1. The van der Waals surface area contributed by atoms with Crippen molar-refractivity contribution in [2.24, 2.45) is 5.92 Å². The van der Waals surface area contributed by atoms with E-state index in [1.165, 1.54) is 12.8 Å². The fraction of sp³-hybridized carbons (Fsp3) is 0.929. The molecule has 2 aliphatic rings. The van der Waals surface area contributed by atoms with E-state index in [1.807, 2.05) is 0 Å². The van der Waals surface area contributed by atoms with Gasteiger partial charge in [-0.3, -0.25) is 4.79 Å². The molecule has 0 aromatic rings. The van der Waals surface area contributed by atoms with Gasteiger partial charge in [-0.2, -0.15) is 0 Å². The third-order valence-corrected chi connectivity index (χ3v) is 4.32. The third-order valence-electron chi connectivity index (χ3n) is 4.32. The van der Waals surface area contributed by atoms with Crippen molar-refractivity contribution in [3.63, 3.8) is 0 Å². The van der Waals surface area contributed by atoms with Crippen molar-refractivity contribution in [2.45, 2.75) is 50.5 Å². The Kier molecular flexibility index (Phi) is 5.01. The first-order chi connectivity index (χ1) is 8.74. The molecule has 1 aliphatic carbocycles. The number of amides is 1. The van der Waals surface area contributed by atoms with Crippen molar-refractivity contribution in [3.8, 4) is 0 Å². The largest absolute Gasteiger partial charge is 0.382 e. The van der Waals surface area contributed by atoms with Crippen LogP contribution in [0.5, 0.6) is 0 Å². The summed E-state index contributed by atoms with van der Waals surface area (Å²) >= 11 is 0. The van der Waals surface area contributed by atoms with Gasteiger partial charge < -0.3 is 15.4 Å². The molecule has 1 amide bonds. The molecule has 2 fully saturated rings. The van der Waals surface area contributed by atoms with Gasteiger partial charge in [-0.05, 0) is 44.7 Å². The number of piperidine rings is 1. The standard InChI is InChI=1S/C14H26N2O2/c1-18-11-14(6-2-3-7-14)16-13(17)10-12-4-8-15-9-5-12/h12,15H,2-11H2,1H3,(H,16,17). The lowest BCUT2D eigenvalue weighted by molar-refractivity contribution is -0.124. The van der Waals surface area contributed by atoms with Crippen LogP contribution in [-0.2, 0) is 9.53 Å². The highest BCUT2D eigenvalue weighted by Gasteiger charge is 2.35. The van der Waals surface area contributed by atoms with E-state index in [0.717, 1.165) is 38.8 Å². The molecule has 0 radical (unpaired) electrons. The Labute approximate surface area is 110 Å². The van der Waals surface area contributed by atoms with Crippen LogP contribution in [0.2, 0.25) is 0 Å². The molecule has 2 rings (SSSR count). The lowest BCUT2D eigenvalue weighted by Crippen LogP contribution is -2.50. The lowest BCUT2D eigenvalue weighted by Gasteiger charge is -2.31. The first kappa shape index (κ1) is 13.8. The molecule has 2 N–H and O–H groups in total. The van der Waals surface area contributed by atoms with Crippen molar-refractivity contribution in [1.82, 2.24) is 10.6 Å². The van der Waals surface area contributed by atoms with Crippen LogP contribution in [0.4, 0.5) is 0 Å². The van der Waals surface area contributed by atoms with E-state index in [2.05, 4.69) is 10.6 Å². The molecule has 0 aromatic carbocycles. The van der Waals surface area contributed by atoms with E-state index in [1.54, 1.807) is 7.11 Å². The Morgan fingerprint density at radius 2 is 2.00 bits per heavy atom. The molecule has 0 bridgehead atoms. The SMILES string of the molecule is COCC1(NC(=O)CC2CCNCC2)CCCC1. The summed E-state index contributed by atoms with van der Waals surface area (Å²) in [5.41, 5.74) is -0.0707. The van der Waals surface area contributed by atoms with Gasteiger partial charge in [0.15, 0.2) is 0 Å². The number of methoxy groups -OCH3 is 1. The minimum Gasteiger partial charge on any atom is -0.382 e. The average molecular weight is 254 g/mol. The van der Waals surface area contributed by atoms with E-state index < -0.39 is 0 Å². The van der Waals surface area contributed by atoms with Gasteiger partial charge in [0, 0.05) is 13.5 Å². The first-order valence-electron chi connectivity index (χ1n) is 7.25. The van der Waals surface area contributed by atoms with Gasteiger partial charge in [0.2, 0.25) is 5.91 Å². The van der Waals surface area contributed by atoms with Crippen LogP contribution >= 0.6 is 0 Å². The third kappa shape index (κ3) is 3.69. The molecule has 18 heavy (non-hydrogen) atoms. The maximum atomic E-state index is 12.2. The zero-order valence-corrected chi connectivity index (χ0v) is 11.5. The molecule has 4 nitrogen and oxygen atoms in total. The van der Waals surface area contributed by atoms with Crippen molar-refractivity contribution in [3.05, 3.63) is 0 Å². The van der Waals surface area contributed by atoms with Crippen LogP contribution < -0.4 is 10.6 Å². The predicted molar refractivity (Wildman–Crippen MR) is 71.4 cm³/mol. The fourth-order valence-electron chi connectivity index (χ4n) is 3.33. The van der Waals surface area contributed by atoms with Crippen molar-refractivity contribution in [1.29, 1.82) is 0 Å². The van der Waals surface area contributed by atoms with Crippen LogP contribution in [0.15, 0.2) is 0 Å². The van der Waals surface area contributed by atoms with Crippen LogP contribution in [0.25, 0.3) is 0 Å². The zero-order chi connectivity index (χ0) is 12.8. The number of carbonyl (C=O) groups excluding carboxylic acids is 1. The Morgan fingerprint density at radius 3 is 2.61 bits per heavy atom. The Morgan fingerprint density at radius 1 is 1.33 bits per heavy atom. The highest BCUT2D eigenvalue weighted by atomic mass is 16.5. The van der Waals surface area contributed by atoms with Gasteiger partial charge in [0.05, 0.1) is 12.1 Å². The van der Waals surface area contributed by atoms with Gasteiger partial charge in [-0.1, -0.05) is 12.8 Å². The quantitative estimate of drug-likeness (QED) is 0.781. The molecule has 0 unspecified atom stereocenters. The molecule has 1 heterocycles. The number of carbonyl (C=O) groups is 1. The lowest BCUT2D eigenvalue weighted by atomic mass is 9.92. The summed E-state index contributed by atoms with van der Waals surface area (Å²) in [6.45, 7) is 2.77. The Balaban J connectivity index is 1.81. The van der Waals surface area contributed by atoms with Crippen LogP contribution in [0.3, 0.4) is 0 Å². The van der Waals surface area contributed by atoms with Crippen LogP contribution in [0, 0.1) is 5.92 Å². The highest BCUT2D eigenvalue weighted by Crippen LogP contribution is 2.30. The molecule has 0 atom stereocenters. The van der Waals surface area contributed by atoms with Gasteiger partial charge in [0.25, 0.3) is 0 Å². The van der Waals surface area contributed by atoms with E-state index in [9.17, 15) is 4.79 Å². The van der Waals surface area contributed by atoms with Crippen LogP contribution in [-0.4, -0.2) is 38.3 Å². The molecule has 0 aromatic heterocycles. The van der Waals surface area contributed by atoms with E-state index in [-0.39, 0.29) is 11.4 Å². The van der Waals surface area contributed by atoms with Crippen molar-refractivity contribution < 1.29 is 9.53 Å². The summed E-state index contributed by atoms with van der Waals surface area (Å²) in [4.78, 5) is 12.2.